The molecule has 0 spiro atoms. The number of ether oxygens (including phenoxy) is 1. The summed E-state index contributed by atoms with van der Waals surface area (Å²) in [5.41, 5.74) is -1.35. The number of benzene rings is 1. The smallest absolute Gasteiger partial charge is 0.307 e. The maximum Gasteiger partial charge on any atom is 0.307 e. The minimum atomic E-state index is -1.25. The number of carbonyl (C=O) groups is 4. The van der Waals surface area contributed by atoms with Crippen LogP contribution in [0.5, 0.6) is 11.5 Å². The van der Waals surface area contributed by atoms with Gasteiger partial charge in [-0.1, -0.05) is 47.6 Å². The highest BCUT2D eigenvalue weighted by Crippen LogP contribution is 2.44. The first kappa shape index (κ1) is 36.6. The van der Waals surface area contributed by atoms with Crippen LogP contribution in [0.25, 0.3) is 0 Å². The summed E-state index contributed by atoms with van der Waals surface area (Å²) in [5.74, 6) is -8.62. The van der Waals surface area contributed by atoms with Gasteiger partial charge in [-0.2, -0.15) is 0 Å². The zero-order valence-electron chi connectivity index (χ0n) is 25.5. The van der Waals surface area contributed by atoms with E-state index in [4.69, 9.17) is 9.84 Å². The molecule has 0 aromatic heterocycles. The topological polar surface area (TPSA) is 203 Å². The van der Waals surface area contributed by atoms with Gasteiger partial charge in [-0.3, -0.25) is 19.2 Å². The average molecular weight is 597 g/mol. The van der Waals surface area contributed by atoms with E-state index in [0.29, 0.717) is 25.0 Å². The lowest BCUT2D eigenvalue weighted by Gasteiger charge is -2.41. The number of carboxylic acids is 2. The van der Waals surface area contributed by atoms with Crippen LogP contribution in [-0.4, -0.2) is 82.2 Å². The van der Waals surface area contributed by atoms with E-state index >= 15 is 0 Å². The van der Waals surface area contributed by atoms with Gasteiger partial charge >= 0.3 is 11.9 Å². The van der Waals surface area contributed by atoms with E-state index in [9.17, 15) is 39.6 Å². The van der Waals surface area contributed by atoms with E-state index in [1.807, 2.05) is 0 Å². The largest absolute Gasteiger partial charge is 0.504 e. The van der Waals surface area contributed by atoms with Crippen LogP contribution in [0.3, 0.4) is 0 Å². The minimum absolute atomic E-state index is 0.0148. The predicted octanol–water partition coefficient (Wildman–Crippen LogP) is 2.39. The lowest BCUT2D eigenvalue weighted by molar-refractivity contribution is -0.158. The van der Waals surface area contributed by atoms with Crippen molar-refractivity contribution in [3.63, 3.8) is 0 Å². The van der Waals surface area contributed by atoms with Crippen molar-refractivity contribution in [2.75, 3.05) is 32.9 Å². The lowest BCUT2D eigenvalue weighted by atomic mass is 9.62. The number of aliphatic carboxylic acids is 2. The van der Waals surface area contributed by atoms with Gasteiger partial charge in [0.25, 0.3) is 0 Å². The van der Waals surface area contributed by atoms with Crippen LogP contribution in [0.2, 0.25) is 0 Å². The second kappa shape index (κ2) is 16.3. The molecule has 0 aliphatic rings. The molecule has 0 saturated carbocycles. The van der Waals surface area contributed by atoms with E-state index in [0.717, 1.165) is 0 Å². The number of hydrogen-bond donors (Lipinski definition) is 7. The van der Waals surface area contributed by atoms with E-state index in [1.54, 1.807) is 40.7 Å². The van der Waals surface area contributed by atoms with Gasteiger partial charge < -0.3 is 40.9 Å². The second-order valence-electron chi connectivity index (χ2n) is 12.4. The van der Waals surface area contributed by atoms with E-state index < -0.39 is 58.3 Å². The highest BCUT2D eigenvalue weighted by molar-refractivity contribution is 5.86. The number of phenols is 2. The van der Waals surface area contributed by atoms with Crippen molar-refractivity contribution in [1.82, 2.24) is 10.6 Å². The lowest BCUT2D eigenvalue weighted by Crippen LogP contribution is -2.49. The molecule has 1 rings (SSSR count). The Morgan fingerprint density at radius 3 is 2.00 bits per heavy atom. The Bertz CT molecular complexity index is 1070. The van der Waals surface area contributed by atoms with Gasteiger partial charge in [0, 0.05) is 32.2 Å². The van der Waals surface area contributed by atoms with Crippen LogP contribution >= 0.6 is 0 Å². The third kappa shape index (κ3) is 11.1. The Morgan fingerprint density at radius 1 is 0.857 bits per heavy atom. The van der Waals surface area contributed by atoms with Crippen LogP contribution in [-0.2, 0) is 30.3 Å². The number of aliphatic hydroxyl groups excluding tert-OH is 1. The van der Waals surface area contributed by atoms with Gasteiger partial charge in [-0.15, -0.1) is 0 Å². The molecule has 0 radical (unpaired) electrons. The van der Waals surface area contributed by atoms with Crippen molar-refractivity contribution in [2.24, 2.45) is 34.5 Å². The predicted molar refractivity (Wildman–Crippen MR) is 155 cm³/mol. The first-order valence-electron chi connectivity index (χ1n) is 14.1. The molecule has 12 nitrogen and oxygen atoms in total. The SMILES string of the molecule is CC(C(=O)NCCOCCCO)C(C(=O)O)C(C)(C)CC(C(=O)O)C(C(=O)NCCc1ccc(O)c(O)c1)C(C)(C)C. The van der Waals surface area contributed by atoms with Crippen LogP contribution < -0.4 is 10.6 Å². The zero-order chi connectivity index (χ0) is 32.3. The minimum Gasteiger partial charge on any atom is -0.504 e. The van der Waals surface area contributed by atoms with E-state index in [1.165, 1.54) is 19.1 Å². The molecule has 0 fully saturated rings. The first-order chi connectivity index (χ1) is 19.4. The summed E-state index contributed by atoms with van der Waals surface area (Å²) in [6.07, 6.45) is 0.600. The number of aliphatic hydroxyl groups is 1. The molecule has 4 atom stereocenters. The van der Waals surface area contributed by atoms with Crippen molar-refractivity contribution >= 4 is 23.8 Å². The summed E-state index contributed by atoms with van der Waals surface area (Å²) in [5, 5.41) is 53.8. The van der Waals surface area contributed by atoms with Crippen LogP contribution in [0.4, 0.5) is 0 Å². The maximum absolute atomic E-state index is 13.4. The molecule has 12 heteroatoms. The highest BCUT2D eigenvalue weighted by Gasteiger charge is 2.49. The van der Waals surface area contributed by atoms with Gasteiger partial charge in [0.1, 0.15) is 0 Å². The molecule has 0 saturated heterocycles. The molecule has 0 heterocycles. The van der Waals surface area contributed by atoms with Crippen LogP contribution in [0.15, 0.2) is 18.2 Å². The van der Waals surface area contributed by atoms with Gasteiger partial charge in [0.05, 0.1) is 24.4 Å². The molecule has 7 N–H and O–H groups in total. The fraction of sp³-hybridized carbons (Fsp3) is 0.667. The van der Waals surface area contributed by atoms with E-state index in [-0.39, 0.29) is 44.2 Å². The Hall–Kier alpha value is -3.38. The van der Waals surface area contributed by atoms with Crippen molar-refractivity contribution in [1.29, 1.82) is 0 Å². The number of aromatic hydroxyl groups is 2. The average Bonchev–Trinajstić information content (AvgIpc) is 2.86. The molecule has 1 aromatic carbocycles. The number of phenolic OH excluding ortho intramolecular Hbond substituents is 2. The summed E-state index contributed by atoms with van der Waals surface area (Å²) < 4.78 is 5.29. The normalized spacial score (nSPS) is 14.8. The standard InChI is InChI=1S/C30H48N2O10/c1-18(25(36)32-12-15-42-14-7-13-33)23(28(40)41)30(5,6)17-20(27(38)39)24(29(2,3)4)26(37)31-11-10-19-8-9-21(34)22(35)16-19/h8-9,16,18,20,23-24,33-35H,7,10-15,17H2,1-6H3,(H,31,37)(H,32,36)(H,38,39)(H,40,41). The number of rotatable bonds is 18. The summed E-state index contributed by atoms with van der Waals surface area (Å²) >= 11 is 0. The van der Waals surface area contributed by atoms with Crippen LogP contribution in [0, 0.1) is 34.5 Å². The number of hydrogen-bond acceptors (Lipinski definition) is 8. The van der Waals surface area contributed by atoms with Crippen molar-refractivity contribution in [3.05, 3.63) is 23.8 Å². The van der Waals surface area contributed by atoms with Crippen molar-refractivity contribution in [3.8, 4) is 11.5 Å². The van der Waals surface area contributed by atoms with Gasteiger partial charge in [0.15, 0.2) is 11.5 Å². The molecule has 0 bridgehead atoms. The van der Waals surface area contributed by atoms with Gasteiger partial charge in [0.2, 0.25) is 11.8 Å². The maximum atomic E-state index is 13.4. The quantitative estimate of drug-likeness (QED) is 0.0974. The summed E-state index contributed by atoms with van der Waals surface area (Å²) in [4.78, 5) is 51.3. The number of carboxylic acid groups (broad SMARTS) is 2. The van der Waals surface area contributed by atoms with Gasteiger partial charge in [-0.25, -0.2) is 0 Å². The number of nitrogens with one attached hydrogen (secondary N) is 2. The molecule has 238 valence electrons. The summed E-state index contributed by atoms with van der Waals surface area (Å²) in [7, 11) is 0. The Balaban J connectivity index is 3.08. The molecular formula is C30H48N2O10. The Labute approximate surface area is 247 Å². The molecule has 2 amide bonds. The summed E-state index contributed by atoms with van der Waals surface area (Å²) in [6, 6.07) is 4.30. The second-order valence-corrected chi connectivity index (χ2v) is 12.4. The fourth-order valence-corrected chi connectivity index (χ4v) is 5.44. The molecule has 42 heavy (non-hydrogen) atoms. The third-order valence-electron chi connectivity index (χ3n) is 7.45. The van der Waals surface area contributed by atoms with Gasteiger partial charge in [-0.05, 0) is 47.8 Å². The Kier molecular flexibility index (Phi) is 14.2. The third-order valence-corrected chi connectivity index (χ3v) is 7.45. The summed E-state index contributed by atoms with van der Waals surface area (Å²) in [6.45, 7) is 10.7. The number of carbonyl (C=O) groups excluding carboxylic acids is 2. The van der Waals surface area contributed by atoms with Crippen molar-refractivity contribution < 1.29 is 49.4 Å². The molecule has 1 aromatic rings. The molecule has 4 unspecified atom stereocenters. The van der Waals surface area contributed by atoms with Crippen molar-refractivity contribution in [2.45, 2.75) is 60.8 Å². The Morgan fingerprint density at radius 2 is 1.48 bits per heavy atom. The number of amides is 2. The zero-order valence-corrected chi connectivity index (χ0v) is 25.5. The fourth-order valence-electron chi connectivity index (χ4n) is 5.44. The van der Waals surface area contributed by atoms with E-state index in [2.05, 4.69) is 10.6 Å². The molecule has 0 aliphatic carbocycles. The monoisotopic (exact) mass is 596 g/mol. The van der Waals surface area contributed by atoms with Crippen LogP contribution in [0.1, 0.15) is 59.9 Å². The molecular weight excluding hydrogens is 548 g/mol. The first-order valence-corrected chi connectivity index (χ1v) is 14.1. The highest BCUT2D eigenvalue weighted by atomic mass is 16.5. The molecule has 0 aliphatic heterocycles.